The summed E-state index contributed by atoms with van der Waals surface area (Å²) in [6.07, 6.45) is 18.2. The number of aliphatic imine (C=N–C) groups is 1. The smallest absolute Gasteiger partial charge is 0.129 e. The molecule has 0 spiro atoms. The minimum atomic E-state index is -0.379. The Bertz CT molecular complexity index is 349. The monoisotopic (exact) mass is 416 g/mol. The van der Waals surface area contributed by atoms with Crippen LogP contribution in [0.1, 0.15) is 104 Å². The third kappa shape index (κ3) is 10.6. The minimum absolute atomic E-state index is 0.156. The molecule has 0 aromatic carbocycles. The molecule has 25 heavy (non-hydrogen) atoms. The summed E-state index contributed by atoms with van der Waals surface area (Å²) in [5, 5.41) is 10.4. The van der Waals surface area contributed by atoms with Gasteiger partial charge in [0.25, 0.3) is 0 Å². The fourth-order valence-electron chi connectivity index (χ4n) is 3.61. The second kappa shape index (κ2) is 15.0. The van der Waals surface area contributed by atoms with Gasteiger partial charge < -0.3 is 10.0 Å². The van der Waals surface area contributed by atoms with Crippen LogP contribution in [0.2, 0.25) is 0 Å². The van der Waals surface area contributed by atoms with Crippen molar-refractivity contribution in [2.75, 3.05) is 13.1 Å². The van der Waals surface area contributed by atoms with Crippen LogP contribution in [-0.4, -0.2) is 40.0 Å². The van der Waals surface area contributed by atoms with E-state index in [1.165, 1.54) is 77.0 Å². The number of likely N-dealkylation sites (N-methyl/N-ethyl adjacent to an activating group) is 1. The van der Waals surface area contributed by atoms with E-state index in [-0.39, 0.29) is 11.1 Å². The maximum absolute atomic E-state index is 10.4. The highest BCUT2D eigenvalue weighted by Gasteiger charge is 2.26. The van der Waals surface area contributed by atoms with E-state index in [0.717, 1.165) is 31.8 Å². The van der Waals surface area contributed by atoms with Gasteiger partial charge in [-0.3, -0.25) is 4.99 Å². The summed E-state index contributed by atoms with van der Waals surface area (Å²) in [4.78, 5) is 6.87. The zero-order chi connectivity index (χ0) is 18.3. The third-order valence-corrected chi connectivity index (χ3v) is 5.72. The minimum Gasteiger partial charge on any atom is -0.385 e. The van der Waals surface area contributed by atoms with E-state index in [4.69, 9.17) is 0 Å². The highest BCUT2D eigenvalue weighted by atomic mass is 79.9. The average Bonchev–Trinajstić information content (AvgIpc) is 3.00. The first-order valence-corrected chi connectivity index (χ1v) is 11.7. The fraction of sp³-hybridized carbons (Fsp3) is 0.952. The number of alkyl halides is 1. The summed E-state index contributed by atoms with van der Waals surface area (Å²) in [6, 6.07) is 0. The standard InChI is InChI=1S/C21H41BrN2O/c1-3-5-6-7-8-9-10-11-12-13-14-15-16-17-19(25)21-23-20(22)18-24(21)4-2/h19-20,25H,3-18H2,1-2H3. The number of amidine groups is 1. The van der Waals surface area contributed by atoms with Gasteiger partial charge in [-0.1, -0.05) is 106 Å². The lowest BCUT2D eigenvalue weighted by molar-refractivity contribution is 0.210. The average molecular weight is 417 g/mol. The first kappa shape index (κ1) is 23.0. The molecule has 0 saturated carbocycles. The van der Waals surface area contributed by atoms with Gasteiger partial charge in [0.15, 0.2) is 0 Å². The number of aliphatic hydroxyl groups is 1. The van der Waals surface area contributed by atoms with Crippen molar-refractivity contribution >= 4 is 21.8 Å². The lowest BCUT2D eigenvalue weighted by Gasteiger charge is -2.22. The number of halogens is 1. The predicted molar refractivity (Wildman–Crippen MR) is 114 cm³/mol. The molecule has 0 aliphatic carbocycles. The van der Waals surface area contributed by atoms with E-state index in [9.17, 15) is 5.11 Å². The molecule has 1 rings (SSSR count). The molecule has 148 valence electrons. The molecule has 1 heterocycles. The van der Waals surface area contributed by atoms with Gasteiger partial charge in [0.2, 0.25) is 0 Å². The molecular formula is C21H41BrN2O. The molecule has 2 unspecified atom stereocenters. The number of unbranched alkanes of at least 4 members (excludes halogenated alkanes) is 12. The number of hydrogen-bond acceptors (Lipinski definition) is 3. The van der Waals surface area contributed by atoms with E-state index >= 15 is 0 Å². The van der Waals surface area contributed by atoms with Crippen molar-refractivity contribution in [2.45, 2.75) is 115 Å². The topological polar surface area (TPSA) is 35.8 Å². The van der Waals surface area contributed by atoms with Gasteiger partial charge in [-0.2, -0.15) is 0 Å². The number of rotatable bonds is 16. The van der Waals surface area contributed by atoms with Crippen LogP contribution in [0.15, 0.2) is 4.99 Å². The van der Waals surface area contributed by atoms with Crippen LogP contribution in [0.4, 0.5) is 0 Å². The maximum Gasteiger partial charge on any atom is 0.129 e. The largest absolute Gasteiger partial charge is 0.385 e. The van der Waals surface area contributed by atoms with E-state index in [1.807, 2.05) is 0 Å². The molecule has 0 saturated heterocycles. The second-order valence-corrected chi connectivity index (χ2v) is 8.56. The lowest BCUT2D eigenvalue weighted by Crippen LogP contribution is -2.36. The van der Waals surface area contributed by atoms with Crippen LogP contribution in [0.3, 0.4) is 0 Å². The van der Waals surface area contributed by atoms with E-state index in [1.54, 1.807) is 0 Å². The molecule has 0 bridgehead atoms. The molecule has 1 N–H and O–H groups in total. The Morgan fingerprint density at radius 3 is 1.88 bits per heavy atom. The number of hydrogen-bond donors (Lipinski definition) is 1. The Kier molecular flexibility index (Phi) is 13.8. The molecule has 0 radical (unpaired) electrons. The molecular weight excluding hydrogens is 376 g/mol. The molecule has 0 amide bonds. The Labute approximate surface area is 164 Å². The summed E-state index contributed by atoms with van der Waals surface area (Å²) in [6.45, 7) is 6.22. The van der Waals surface area contributed by atoms with Crippen LogP contribution in [0, 0.1) is 0 Å². The van der Waals surface area contributed by atoms with Crippen molar-refractivity contribution < 1.29 is 5.11 Å². The van der Waals surface area contributed by atoms with E-state index < -0.39 is 0 Å². The Balaban J connectivity index is 1.89. The fourth-order valence-corrected chi connectivity index (χ4v) is 4.17. The third-order valence-electron chi connectivity index (χ3n) is 5.23. The number of aliphatic hydroxyl groups excluding tert-OH is 1. The first-order valence-electron chi connectivity index (χ1n) is 10.8. The van der Waals surface area contributed by atoms with Gasteiger partial charge in [0.05, 0.1) is 6.54 Å². The normalized spacial score (nSPS) is 18.6. The molecule has 0 fully saturated rings. The summed E-state index contributed by atoms with van der Waals surface area (Å²) in [5.74, 6) is 0.892. The molecule has 1 aliphatic heterocycles. The Hall–Kier alpha value is -0.0900. The summed E-state index contributed by atoms with van der Waals surface area (Å²) in [7, 11) is 0. The van der Waals surface area contributed by atoms with Gasteiger partial charge in [-0.25, -0.2) is 0 Å². The maximum atomic E-state index is 10.4. The van der Waals surface area contributed by atoms with Crippen molar-refractivity contribution in [1.82, 2.24) is 4.90 Å². The van der Waals surface area contributed by atoms with Gasteiger partial charge in [0.1, 0.15) is 16.9 Å². The molecule has 2 atom stereocenters. The van der Waals surface area contributed by atoms with E-state index in [0.29, 0.717) is 0 Å². The van der Waals surface area contributed by atoms with Gasteiger partial charge in [0, 0.05) is 6.54 Å². The van der Waals surface area contributed by atoms with Crippen molar-refractivity contribution in [3.63, 3.8) is 0 Å². The van der Waals surface area contributed by atoms with Crippen molar-refractivity contribution in [3.05, 3.63) is 0 Å². The van der Waals surface area contributed by atoms with Crippen LogP contribution < -0.4 is 0 Å². The highest BCUT2D eigenvalue weighted by molar-refractivity contribution is 9.09. The van der Waals surface area contributed by atoms with Crippen molar-refractivity contribution in [1.29, 1.82) is 0 Å². The van der Waals surface area contributed by atoms with Crippen molar-refractivity contribution in [3.8, 4) is 0 Å². The van der Waals surface area contributed by atoms with Crippen LogP contribution >= 0.6 is 15.9 Å². The molecule has 3 nitrogen and oxygen atoms in total. The van der Waals surface area contributed by atoms with Crippen LogP contribution in [0.25, 0.3) is 0 Å². The summed E-state index contributed by atoms with van der Waals surface area (Å²) >= 11 is 3.53. The van der Waals surface area contributed by atoms with Gasteiger partial charge in [-0.05, 0) is 13.3 Å². The zero-order valence-corrected chi connectivity index (χ0v) is 18.3. The van der Waals surface area contributed by atoms with E-state index in [2.05, 4.69) is 39.7 Å². The predicted octanol–water partition coefficient (Wildman–Crippen LogP) is 6.28. The highest BCUT2D eigenvalue weighted by Crippen LogP contribution is 2.19. The van der Waals surface area contributed by atoms with Gasteiger partial charge >= 0.3 is 0 Å². The molecule has 4 heteroatoms. The summed E-state index contributed by atoms with van der Waals surface area (Å²) in [5.41, 5.74) is 0. The molecule has 0 aromatic rings. The van der Waals surface area contributed by atoms with Crippen LogP contribution in [0.5, 0.6) is 0 Å². The van der Waals surface area contributed by atoms with Crippen molar-refractivity contribution in [2.24, 2.45) is 4.99 Å². The number of nitrogens with zero attached hydrogens (tertiary/aromatic N) is 2. The SMILES string of the molecule is CCCCCCCCCCCCCCCC(O)C1=NC(Br)CN1CC. The second-order valence-electron chi connectivity index (χ2n) is 7.51. The summed E-state index contributed by atoms with van der Waals surface area (Å²) < 4.78 is 0. The zero-order valence-electron chi connectivity index (χ0n) is 16.7. The van der Waals surface area contributed by atoms with Gasteiger partial charge in [-0.15, -0.1) is 0 Å². The lowest BCUT2D eigenvalue weighted by atomic mass is 10.0. The molecule has 0 aromatic heterocycles. The first-order chi connectivity index (χ1) is 12.2. The quantitative estimate of drug-likeness (QED) is 0.182. The Morgan fingerprint density at radius 1 is 0.920 bits per heavy atom. The molecule has 1 aliphatic rings. The Morgan fingerprint density at radius 2 is 1.40 bits per heavy atom. The van der Waals surface area contributed by atoms with Crippen LogP contribution in [-0.2, 0) is 0 Å².